The zero-order chi connectivity index (χ0) is 25.1. The lowest BCUT2D eigenvalue weighted by molar-refractivity contribution is 0.354. The molecule has 4 aromatic rings. The molecule has 8 heteroatoms. The second-order valence-electron chi connectivity index (χ2n) is 8.60. The van der Waals surface area contributed by atoms with Crippen LogP contribution in [0.25, 0.3) is 11.3 Å². The van der Waals surface area contributed by atoms with Crippen molar-refractivity contribution in [2.75, 3.05) is 33.2 Å². The van der Waals surface area contributed by atoms with Crippen LogP contribution in [0, 0.1) is 0 Å². The summed E-state index contributed by atoms with van der Waals surface area (Å²) in [6, 6.07) is 17.6. The Morgan fingerprint density at radius 1 is 1.00 bits per heavy atom. The van der Waals surface area contributed by atoms with Crippen LogP contribution in [-0.4, -0.2) is 37.4 Å². The lowest BCUT2D eigenvalue weighted by Gasteiger charge is -2.23. The molecule has 2 aromatic heterocycles. The predicted octanol–water partition coefficient (Wildman–Crippen LogP) is 4.72. The van der Waals surface area contributed by atoms with Crippen LogP contribution >= 0.6 is 0 Å². The average molecular weight is 488 g/mol. The molecule has 0 amide bonds. The summed E-state index contributed by atoms with van der Waals surface area (Å²) in [4.78, 5) is 17.2. The molecule has 8 nitrogen and oxygen atoms in total. The third-order valence-corrected chi connectivity index (χ3v) is 6.64. The van der Waals surface area contributed by atoms with E-state index in [9.17, 15) is 4.79 Å². The summed E-state index contributed by atoms with van der Waals surface area (Å²) < 4.78 is 24.0. The van der Waals surface area contributed by atoms with Gasteiger partial charge in [-0.1, -0.05) is 18.2 Å². The van der Waals surface area contributed by atoms with Crippen LogP contribution in [0.5, 0.6) is 17.2 Å². The number of nitrogens with zero attached hydrogens (tertiary/aromatic N) is 2. The highest BCUT2D eigenvalue weighted by Gasteiger charge is 2.23. The van der Waals surface area contributed by atoms with Crippen molar-refractivity contribution in [1.82, 2.24) is 9.55 Å². The number of para-hydroxylation sites is 1. The monoisotopic (exact) mass is 487 g/mol. The number of rotatable bonds is 9. The molecule has 0 bridgehead atoms. The van der Waals surface area contributed by atoms with Gasteiger partial charge in [0.05, 0.1) is 33.3 Å². The molecule has 0 fully saturated rings. The van der Waals surface area contributed by atoms with Crippen LogP contribution in [0.15, 0.2) is 70.1 Å². The number of furan rings is 1. The van der Waals surface area contributed by atoms with Crippen LogP contribution in [0.1, 0.15) is 29.2 Å². The molecule has 3 heterocycles. The van der Waals surface area contributed by atoms with Crippen molar-refractivity contribution >= 4 is 5.82 Å². The molecule has 1 N–H and O–H groups in total. The van der Waals surface area contributed by atoms with Crippen molar-refractivity contribution < 1.29 is 18.6 Å². The summed E-state index contributed by atoms with van der Waals surface area (Å²) in [5.74, 6) is 3.49. The Kier molecular flexibility index (Phi) is 6.66. The highest BCUT2D eigenvalue weighted by molar-refractivity contribution is 5.71. The molecule has 1 aliphatic heterocycles. The molecule has 0 saturated carbocycles. The first-order chi connectivity index (χ1) is 17.6. The molecular weight excluding hydrogens is 458 g/mol. The van der Waals surface area contributed by atoms with E-state index in [0.717, 1.165) is 46.7 Å². The summed E-state index contributed by atoms with van der Waals surface area (Å²) in [6.07, 6.45) is 3.12. The van der Waals surface area contributed by atoms with E-state index >= 15 is 0 Å². The van der Waals surface area contributed by atoms with Gasteiger partial charge in [0.1, 0.15) is 17.3 Å². The first-order valence-corrected chi connectivity index (χ1v) is 11.9. The Morgan fingerprint density at radius 3 is 2.53 bits per heavy atom. The Balaban J connectivity index is 1.41. The molecule has 186 valence electrons. The molecule has 2 aromatic carbocycles. The molecule has 1 aliphatic rings. The third-order valence-electron chi connectivity index (χ3n) is 6.64. The number of fused-ring (bicyclic) bond motifs is 3. The van der Waals surface area contributed by atoms with Crippen molar-refractivity contribution in [3.05, 3.63) is 88.2 Å². The van der Waals surface area contributed by atoms with Crippen LogP contribution in [-0.2, 0) is 13.0 Å². The normalized spacial score (nSPS) is 12.9. The van der Waals surface area contributed by atoms with Gasteiger partial charge in [0.15, 0.2) is 11.5 Å². The van der Waals surface area contributed by atoms with Crippen LogP contribution < -0.4 is 25.2 Å². The van der Waals surface area contributed by atoms with E-state index in [1.54, 1.807) is 32.2 Å². The Hall–Kier alpha value is -4.20. The van der Waals surface area contributed by atoms with E-state index in [2.05, 4.69) is 10.3 Å². The fraction of sp³-hybridized carbons (Fsp3) is 0.286. The van der Waals surface area contributed by atoms with E-state index in [-0.39, 0.29) is 11.6 Å². The topological polar surface area (TPSA) is 87.8 Å². The number of ether oxygens (including phenoxy) is 3. The Bertz CT molecular complexity index is 1410. The summed E-state index contributed by atoms with van der Waals surface area (Å²) >= 11 is 0. The summed E-state index contributed by atoms with van der Waals surface area (Å²) in [7, 11) is 4.90. The van der Waals surface area contributed by atoms with Crippen molar-refractivity contribution in [3.63, 3.8) is 0 Å². The smallest absolute Gasteiger partial charge is 0.349 e. The number of nitrogens with one attached hydrogen (secondary N) is 1. The number of benzene rings is 2. The molecule has 0 saturated heterocycles. The van der Waals surface area contributed by atoms with Gasteiger partial charge in [-0.3, -0.25) is 4.57 Å². The van der Waals surface area contributed by atoms with E-state index in [0.29, 0.717) is 30.4 Å². The fourth-order valence-electron chi connectivity index (χ4n) is 4.87. The lowest BCUT2D eigenvalue weighted by atomic mass is 9.92. The number of methoxy groups -OCH3 is 3. The number of hydrogen-bond donors (Lipinski definition) is 1. The zero-order valence-electron chi connectivity index (χ0n) is 20.6. The van der Waals surface area contributed by atoms with Gasteiger partial charge in [0, 0.05) is 36.2 Å². The Labute approximate surface area is 209 Å². The molecule has 0 radical (unpaired) electrons. The van der Waals surface area contributed by atoms with Gasteiger partial charge in [-0.05, 0) is 48.7 Å². The van der Waals surface area contributed by atoms with E-state index in [1.807, 2.05) is 54.6 Å². The van der Waals surface area contributed by atoms with Crippen molar-refractivity contribution in [2.45, 2.75) is 25.3 Å². The average Bonchev–Trinajstić information content (AvgIpc) is 3.45. The van der Waals surface area contributed by atoms with Crippen molar-refractivity contribution in [3.8, 4) is 28.5 Å². The fourth-order valence-corrected chi connectivity index (χ4v) is 4.87. The molecule has 0 aliphatic carbocycles. The van der Waals surface area contributed by atoms with E-state index in [4.69, 9.17) is 18.6 Å². The van der Waals surface area contributed by atoms with Gasteiger partial charge in [-0.25, -0.2) is 4.79 Å². The van der Waals surface area contributed by atoms with Gasteiger partial charge in [0.2, 0.25) is 0 Å². The zero-order valence-corrected chi connectivity index (χ0v) is 20.6. The van der Waals surface area contributed by atoms with E-state index < -0.39 is 0 Å². The maximum Gasteiger partial charge on any atom is 0.349 e. The maximum absolute atomic E-state index is 12.9. The highest BCUT2D eigenvalue weighted by Crippen LogP contribution is 2.38. The van der Waals surface area contributed by atoms with Crippen LogP contribution in [0.3, 0.4) is 0 Å². The predicted molar refractivity (Wildman–Crippen MR) is 137 cm³/mol. The Morgan fingerprint density at radius 2 is 1.78 bits per heavy atom. The number of aryl methyl sites for hydroxylation is 1. The second kappa shape index (κ2) is 10.2. The number of hydrogen-bond acceptors (Lipinski definition) is 7. The number of anilines is 1. The van der Waals surface area contributed by atoms with Gasteiger partial charge >= 0.3 is 5.69 Å². The first-order valence-electron chi connectivity index (χ1n) is 11.9. The minimum Gasteiger partial charge on any atom is -0.496 e. The molecule has 5 rings (SSSR count). The van der Waals surface area contributed by atoms with Gasteiger partial charge in [-0.2, -0.15) is 4.98 Å². The molecule has 0 spiro atoms. The van der Waals surface area contributed by atoms with Crippen LogP contribution in [0.4, 0.5) is 5.82 Å². The van der Waals surface area contributed by atoms with Gasteiger partial charge in [0.25, 0.3) is 0 Å². The summed E-state index contributed by atoms with van der Waals surface area (Å²) in [6.45, 7) is 1.15. The minimum atomic E-state index is -0.275. The third kappa shape index (κ3) is 4.42. The minimum absolute atomic E-state index is 0.0140. The lowest BCUT2D eigenvalue weighted by Crippen LogP contribution is -2.29. The standard InChI is InChI=1S/C28H29N3O5/c1-33-23-8-5-4-7-19(23)20(24-9-6-14-36-24)10-12-29-27-17-22-21-16-26(35-3)25(34-2)15-18(21)11-13-31(22)28(32)30-27/h4-9,14-17,20H,10-13H2,1-3H3,(H,29,30,32). The summed E-state index contributed by atoms with van der Waals surface area (Å²) in [5, 5.41) is 3.35. The van der Waals surface area contributed by atoms with Crippen molar-refractivity contribution in [1.29, 1.82) is 0 Å². The van der Waals surface area contributed by atoms with Crippen molar-refractivity contribution in [2.24, 2.45) is 0 Å². The second-order valence-corrected chi connectivity index (χ2v) is 8.60. The maximum atomic E-state index is 12.9. The summed E-state index contributed by atoms with van der Waals surface area (Å²) in [5.41, 5.74) is 3.64. The quantitative estimate of drug-likeness (QED) is 0.366. The number of aromatic nitrogens is 2. The van der Waals surface area contributed by atoms with E-state index in [1.165, 1.54) is 0 Å². The van der Waals surface area contributed by atoms with Crippen LogP contribution in [0.2, 0.25) is 0 Å². The molecule has 1 atom stereocenters. The largest absolute Gasteiger partial charge is 0.496 e. The molecular formula is C28H29N3O5. The SMILES string of the molecule is COc1cc2c(cc1OC)-c1cc(NCCC(c3ccco3)c3ccccc3OC)nc(=O)n1CC2. The molecule has 36 heavy (non-hydrogen) atoms. The van der Waals surface area contributed by atoms with Gasteiger partial charge < -0.3 is 23.9 Å². The molecule has 1 unspecified atom stereocenters. The highest BCUT2D eigenvalue weighted by atomic mass is 16.5. The van der Waals surface area contributed by atoms with Gasteiger partial charge in [-0.15, -0.1) is 0 Å². The first kappa shape index (κ1) is 23.5.